The van der Waals surface area contributed by atoms with Gasteiger partial charge in [0, 0.05) is 25.4 Å². The quantitative estimate of drug-likeness (QED) is 0.873. The predicted octanol–water partition coefficient (Wildman–Crippen LogP) is 1.04. The maximum atomic E-state index is 12.4. The Morgan fingerprint density at radius 3 is 2.56 bits per heavy atom. The van der Waals surface area contributed by atoms with Crippen LogP contribution < -0.4 is 5.56 Å². The number of aromatic nitrogens is 1. The minimum atomic E-state index is -3.47. The topological polar surface area (TPSA) is 70.2 Å². The fourth-order valence-electron chi connectivity index (χ4n) is 2.15. The molecule has 1 N–H and O–H groups in total. The molecule has 1 aromatic heterocycles. The van der Waals surface area contributed by atoms with Gasteiger partial charge in [-0.1, -0.05) is 13.8 Å². The van der Waals surface area contributed by atoms with E-state index >= 15 is 0 Å². The number of hydrogen-bond donors (Lipinski definition) is 1. The van der Waals surface area contributed by atoms with Crippen molar-refractivity contribution in [1.82, 2.24) is 9.29 Å². The van der Waals surface area contributed by atoms with Crippen LogP contribution in [0.25, 0.3) is 0 Å². The molecule has 0 radical (unpaired) electrons. The molecule has 2 heterocycles. The van der Waals surface area contributed by atoms with Crippen molar-refractivity contribution in [3.05, 3.63) is 28.7 Å². The summed E-state index contributed by atoms with van der Waals surface area (Å²) in [4.78, 5) is 13.5. The molecule has 6 heteroatoms. The Morgan fingerprint density at radius 1 is 1.28 bits per heavy atom. The normalized spacial score (nSPS) is 26.1. The van der Waals surface area contributed by atoms with Crippen molar-refractivity contribution in [2.24, 2.45) is 11.8 Å². The molecule has 0 aliphatic carbocycles. The molecule has 1 fully saturated rings. The second kappa shape index (κ2) is 4.85. The Hall–Kier alpha value is -1.14. The molecule has 2 rings (SSSR count). The largest absolute Gasteiger partial charge is 0.328 e. The van der Waals surface area contributed by atoms with E-state index in [0.717, 1.165) is 6.42 Å². The van der Waals surface area contributed by atoms with Crippen molar-refractivity contribution in [3.8, 4) is 0 Å². The Kier molecular flexibility index (Phi) is 3.59. The lowest BCUT2D eigenvalue weighted by atomic mass is 9.90. The van der Waals surface area contributed by atoms with Crippen LogP contribution in [-0.4, -0.2) is 30.8 Å². The third-order valence-corrected chi connectivity index (χ3v) is 5.55. The van der Waals surface area contributed by atoms with Crippen LogP contribution in [0.2, 0.25) is 0 Å². The van der Waals surface area contributed by atoms with Crippen molar-refractivity contribution in [1.29, 1.82) is 0 Å². The maximum Gasteiger partial charge on any atom is 0.247 e. The highest BCUT2D eigenvalue weighted by atomic mass is 32.2. The van der Waals surface area contributed by atoms with Gasteiger partial charge in [-0.05, 0) is 24.3 Å². The summed E-state index contributed by atoms with van der Waals surface area (Å²) in [6.45, 7) is 5.31. The highest BCUT2D eigenvalue weighted by molar-refractivity contribution is 7.89. The van der Waals surface area contributed by atoms with Gasteiger partial charge < -0.3 is 4.98 Å². The second-order valence-corrected chi connectivity index (χ2v) is 6.93. The summed E-state index contributed by atoms with van der Waals surface area (Å²) >= 11 is 0. The van der Waals surface area contributed by atoms with Crippen LogP contribution in [0.4, 0.5) is 0 Å². The zero-order valence-corrected chi connectivity index (χ0v) is 11.4. The van der Waals surface area contributed by atoms with E-state index in [1.54, 1.807) is 0 Å². The highest BCUT2D eigenvalue weighted by Gasteiger charge is 2.31. The van der Waals surface area contributed by atoms with Crippen LogP contribution in [-0.2, 0) is 10.0 Å². The molecule has 0 amide bonds. The van der Waals surface area contributed by atoms with Crippen LogP contribution in [0, 0.1) is 11.8 Å². The van der Waals surface area contributed by atoms with Crippen molar-refractivity contribution in [3.63, 3.8) is 0 Å². The molecule has 0 spiro atoms. The summed E-state index contributed by atoms with van der Waals surface area (Å²) in [5.74, 6) is 0.906. The van der Waals surface area contributed by atoms with Gasteiger partial charge in [-0.15, -0.1) is 0 Å². The summed E-state index contributed by atoms with van der Waals surface area (Å²) < 4.78 is 26.2. The average molecular weight is 270 g/mol. The van der Waals surface area contributed by atoms with Gasteiger partial charge in [-0.3, -0.25) is 4.79 Å². The number of aromatic amines is 1. The smallest absolute Gasteiger partial charge is 0.247 e. The fraction of sp³-hybridized carbons (Fsp3) is 0.583. The molecule has 2 unspecified atom stereocenters. The Morgan fingerprint density at radius 2 is 2.00 bits per heavy atom. The van der Waals surface area contributed by atoms with Gasteiger partial charge in [-0.25, -0.2) is 8.42 Å². The van der Waals surface area contributed by atoms with Crippen LogP contribution in [0.15, 0.2) is 28.0 Å². The zero-order chi connectivity index (χ0) is 13.3. The van der Waals surface area contributed by atoms with Crippen LogP contribution in [0.3, 0.4) is 0 Å². The second-order valence-electron chi connectivity index (χ2n) is 4.99. The number of hydrogen-bond acceptors (Lipinski definition) is 3. The molecule has 1 aliphatic rings. The first-order chi connectivity index (χ1) is 8.41. The minimum Gasteiger partial charge on any atom is -0.328 e. The molecule has 0 aromatic carbocycles. The Labute approximate surface area is 107 Å². The Balaban J connectivity index is 2.26. The van der Waals surface area contributed by atoms with Crippen LogP contribution in [0.1, 0.15) is 20.3 Å². The highest BCUT2D eigenvalue weighted by Crippen LogP contribution is 2.26. The first kappa shape index (κ1) is 13.3. The molecular formula is C12H18N2O3S. The number of nitrogens with one attached hydrogen (secondary N) is 1. The summed E-state index contributed by atoms with van der Waals surface area (Å²) in [5, 5.41) is 0. The monoisotopic (exact) mass is 270 g/mol. The first-order valence-corrected chi connectivity index (χ1v) is 7.54. The third-order valence-electron chi connectivity index (χ3n) is 3.69. The number of rotatable bonds is 2. The molecular weight excluding hydrogens is 252 g/mol. The van der Waals surface area contributed by atoms with Gasteiger partial charge >= 0.3 is 0 Å². The summed E-state index contributed by atoms with van der Waals surface area (Å²) in [5.41, 5.74) is -0.297. The van der Waals surface area contributed by atoms with Gasteiger partial charge in [-0.2, -0.15) is 4.31 Å². The number of piperidine rings is 1. The number of sulfonamides is 1. The van der Waals surface area contributed by atoms with Crippen molar-refractivity contribution >= 4 is 10.0 Å². The molecule has 0 saturated carbocycles. The van der Waals surface area contributed by atoms with Gasteiger partial charge in [0.15, 0.2) is 0 Å². The maximum absolute atomic E-state index is 12.4. The summed E-state index contributed by atoms with van der Waals surface area (Å²) in [6.07, 6.45) is 2.14. The van der Waals surface area contributed by atoms with Gasteiger partial charge in [0.1, 0.15) is 0 Å². The van der Waals surface area contributed by atoms with Crippen molar-refractivity contribution in [2.75, 3.05) is 13.1 Å². The molecule has 5 nitrogen and oxygen atoms in total. The summed E-state index contributed by atoms with van der Waals surface area (Å²) in [6, 6.07) is 2.60. The first-order valence-electron chi connectivity index (χ1n) is 6.10. The van der Waals surface area contributed by atoms with E-state index in [0.29, 0.717) is 24.9 Å². The lowest BCUT2D eigenvalue weighted by Gasteiger charge is -2.34. The standard InChI is InChI=1S/C12H18N2O3S/c1-9-5-6-14(8-10(9)2)18(16,17)11-3-4-12(15)13-7-11/h3-4,7,9-10H,5-6,8H2,1-2H3,(H,13,15). The van der Waals surface area contributed by atoms with Crippen LogP contribution >= 0.6 is 0 Å². The molecule has 1 aromatic rings. The molecule has 0 bridgehead atoms. The molecule has 2 atom stereocenters. The average Bonchev–Trinajstić information content (AvgIpc) is 2.33. The van der Waals surface area contributed by atoms with E-state index in [4.69, 9.17) is 0 Å². The van der Waals surface area contributed by atoms with E-state index in [9.17, 15) is 13.2 Å². The molecule has 18 heavy (non-hydrogen) atoms. The number of H-pyrrole nitrogens is 1. The van der Waals surface area contributed by atoms with E-state index in [2.05, 4.69) is 18.8 Å². The zero-order valence-electron chi connectivity index (χ0n) is 10.6. The molecule has 1 aliphatic heterocycles. The van der Waals surface area contributed by atoms with E-state index < -0.39 is 10.0 Å². The van der Waals surface area contributed by atoms with Gasteiger partial charge in [0.05, 0.1) is 4.90 Å². The lowest BCUT2D eigenvalue weighted by molar-refractivity contribution is 0.212. The molecule has 100 valence electrons. The fourth-order valence-corrected chi connectivity index (χ4v) is 3.67. The van der Waals surface area contributed by atoms with Gasteiger partial charge in [0.25, 0.3) is 0 Å². The SMILES string of the molecule is CC1CCN(S(=O)(=O)c2ccc(=O)[nH]c2)CC1C. The summed E-state index contributed by atoms with van der Waals surface area (Å²) in [7, 11) is -3.47. The lowest BCUT2D eigenvalue weighted by Crippen LogP contribution is -2.42. The molecule has 1 saturated heterocycles. The minimum absolute atomic E-state index is 0.156. The van der Waals surface area contributed by atoms with Crippen molar-refractivity contribution < 1.29 is 8.42 Å². The Bertz CT molecular complexity index is 559. The number of nitrogens with zero attached hydrogens (tertiary/aromatic N) is 1. The van der Waals surface area contributed by atoms with E-state index in [1.165, 1.54) is 22.6 Å². The van der Waals surface area contributed by atoms with E-state index in [-0.39, 0.29) is 10.5 Å². The predicted molar refractivity (Wildman–Crippen MR) is 68.8 cm³/mol. The van der Waals surface area contributed by atoms with Crippen molar-refractivity contribution in [2.45, 2.75) is 25.2 Å². The third kappa shape index (κ3) is 2.49. The van der Waals surface area contributed by atoms with Crippen LogP contribution in [0.5, 0.6) is 0 Å². The van der Waals surface area contributed by atoms with Gasteiger partial charge in [0.2, 0.25) is 15.6 Å². The van der Waals surface area contributed by atoms with E-state index in [1.807, 2.05) is 0 Å². The number of pyridine rings is 1.